The molecule has 0 N–H and O–H groups in total. The summed E-state index contributed by atoms with van der Waals surface area (Å²) in [7, 11) is 1.44. The molecule has 15 heavy (non-hydrogen) atoms. The van der Waals surface area contributed by atoms with Crippen LogP contribution in [-0.4, -0.2) is 19.6 Å². The largest absolute Gasteiger partial charge is 0.491 e. The maximum absolute atomic E-state index is 13.4. The Kier molecular flexibility index (Phi) is 2.30. The van der Waals surface area contributed by atoms with Crippen LogP contribution in [0, 0.1) is 11.6 Å². The van der Waals surface area contributed by atoms with Crippen molar-refractivity contribution in [2.45, 2.75) is 6.42 Å². The first-order valence-electron chi connectivity index (χ1n) is 4.48. The minimum atomic E-state index is -0.789. The summed E-state index contributed by atoms with van der Waals surface area (Å²) in [4.78, 5) is 12.5. The Bertz CT molecular complexity index is 420. The van der Waals surface area contributed by atoms with Crippen molar-refractivity contribution in [3.8, 4) is 5.75 Å². The molecule has 0 aromatic heterocycles. The lowest BCUT2D eigenvalue weighted by molar-refractivity contribution is -0.118. The van der Waals surface area contributed by atoms with Crippen molar-refractivity contribution in [3.05, 3.63) is 23.8 Å². The fraction of sp³-hybridized carbons (Fsp3) is 0.300. The molecule has 0 fully saturated rings. The predicted octanol–water partition coefficient (Wildman–Crippen LogP) is 1.71. The molecule has 5 heteroatoms. The van der Waals surface area contributed by atoms with Crippen LogP contribution in [0.3, 0.4) is 0 Å². The smallest absolute Gasteiger partial charge is 0.230 e. The van der Waals surface area contributed by atoms with Crippen molar-refractivity contribution in [2.75, 3.05) is 18.6 Å². The zero-order chi connectivity index (χ0) is 11.0. The van der Waals surface area contributed by atoms with E-state index in [9.17, 15) is 13.6 Å². The molecule has 0 saturated heterocycles. The molecule has 2 rings (SSSR count). The van der Waals surface area contributed by atoms with Gasteiger partial charge in [0.15, 0.2) is 5.82 Å². The van der Waals surface area contributed by atoms with Gasteiger partial charge in [-0.15, -0.1) is 0 Å². The highest BCUT2D eigenvalue weighted by Gasteiger charge is 2.24. The maximum Gasteiger partial charge on any atom is 0.230 e. The summed E-state index contributed by atoms with van der Waals surface area (Å²) in [6.45, 7) is 0.138. The predicted molar refractivity (Wildman–Crippen MR) is 49.9 cm³/mol. The maximum atomic E-state index is 13.4. The van der Waals surface area contributed by atoms with Gasteiger partial charge in [0.05, 0.1) is 13.0 Å². The molecule has 0 unspecified atom stereocenters. The van der Waals surface area contributed by atoms with Gasteiger partial charge in [-0.3, -0.25) is 4.79 Å². The summed E-state index contributed by atoms with van der Waals surface area (Å²) < 4.78 is 31.4. The van der Waals surface area contributed by atoms with E-state index in [2.05, 4.69) is 0 Å². The van der Waals surface area contributed by atoms with Gasteiger partial charge in [0, 0.05) is 19.2 Å². The fourth-order valence-corrected chi connectivity index (χ4v) is 1.52. The van der Waals surface area contributed by atoms with Gasteiger partial charge in [-0.25, -0.2) is 8.78 Å². The summed E-state index contributed by atoms with van der Waals surface area (Å²) >= 11 is 0. The van der Waals surface area contributed by atoms with Gasteiger partial charge >= 0.3 is 0 Å². The first-order valence-corrected chi connectivity index (χ1v) is 4.48. The molecule has 0 atom stereocenters. The van der Waals surface area contributed by atoms with Crippen LogP contribution in [0.4, 0.5) is 14.5 Å². The van der Waals surface area contributed by atoms with E-state index in [0.29, 0.717) is 0 Å². The Hall–Kier alpha value is -1.65. The quantitative estimate of drug-likeness (QED) is 0.656. The van der Waals surface area contributed by atoms with Gasteiger partial charge < -0.3 is 9.64 Å². The molecule has 80 valence electrons. The van der Waals surface area contributed by atoms with Crippen LogP contribution in [0.15, 0.2) is 12.1 Å². The Morgan fingerprint density at radius 1 is 1.40 bits per heavy atom. The first kappa shape index (κ1) is 9.89. The summed E-state index contributed by atoms with van der Waals surface area (Å²) in [5.74, 6) is -1.68. The van der Waals surface area contributed by atoms with E-state index in [4.69, 9.17) is 4.74 Å². The first-order chi connectivity index (χ1) is 7.09. The molecular weight excluding hydrogens is 204 g/mol. The number of ether oxygens (including phenoxy) is 1. The average molecular weight is 213 g/mol. The molecule has 0 spiro atoms. The highest BCUT2D eigenvalue weighted by Crippen LogP contribution is 2.33. The summed E-state index contributed by atoms with van der Waals surface area (Å²) in [6, 6.07) is 1.81. The van der Waals surface area contributed by atoms with E-state index in [1.165, 1.54) is 7.05 Å². The Labute approximate surface area is 85.3 Å². The third-order valence-corrected chi connectivity index (χ3v) is 2.28. The van der Waals surface area contributed by atoms with Crippen molar-refractivity contribution < 1.29 is 18.3 Å². The van der Waals surface area contributed by atoms with E-state index in [-0.39, 0.29) is 30.4 Å². The SMILES string of the molecule is CN1C(=O)CCOc2cc(F)cc(F)c21. The summed E-state index contributed by atoms with van der Waals surface area (Å²) in [5.41, 5.74) is -0.00102. The number of hydrogen-bond acceptors (Lipinski definition) is 2. The van der Waals surface area contributed by atoms with Crippen LogP contribution < -0.4 is 9.64 Å². The van der Waals surface area contributed by atoms with Crippen molar-refractivity contribution in [1.82, 2.24) is 0 Å². The molecule has 1 aliphatic rings. The van der Waals surface area contributed by atoms with E-state index < -0.39 is 11.6 Å². The molecule has 1 heterocycles. The zero-order valence-electron chi connectivity index (χ0n) is 8.09. The van der Waals surface area contributed by atoms with E-state index in [0.717, 1.165) is 17.0 Å². The van der Waals surface area contributed by atoms with E-state index in [1.807, 2.05) is 0 Å². The zero-order valence-corrected chi connectivity index (χ0v) is 8.09. The molecule has 1 aromatic rings. The number of fused-ring (bicyclic) bond motifs is 1. The lowest BCUT2D eigenvalue weighted by atomic mass is 10.2. The summed E-state index contributed by atoms with van der Waals surface area (Å²) in [5, 5.41) is 0. The normalized spacial score (nSPS) is 15.7. The van der Waals surface area contributed by atoms with Gasteiger partial charge in [0.25, 0.3) is 0 Å². The van der Waals surface area contributed by atoms with Crippen LogP contribution in [0.5, 0.6) is 5.75 Å². The number of rotatable bonds is 0. The van der Waals surface area contributed by atoms with E-state index >= 15 is 0 Å². The topological polar surface area (TPSA) is 29.5 Å². The highest BCUT2D eigenvalue weighted by atomic mass is 19.1. The number of hydrogen-bond donors (Lipinski definition) is 0. The van der Waals surface area contributed by atoms with Gasteiger partial charge in [-0.2, -0.15) is 0 Å². The molecular formula is C10H9F2NO2. The second-order valence-electron chi connectivity index (χ2n) is 3.29. The molecule has 0 bridgehead atoms. The van der Waals surface area contributed by atoms with Crippen LogP contribution in [0.2, 0.25) is 0 Å². The number of carbonyl (C=O) groups excluding carboxylic acids is 1. The molecule has 1 amide bonds. The second-order valence-corrected chi connectivity index (χ2v) is 3.29. The number of benzene rings is 1. The van der Waals surface area contributed by atoms with Crippen molar-refractivity contribution in [2.24, 2.45) is 0 Å². The Balaban J connectivity index is 2.58. The number of amides is 1. The van der Waals surface area contributed by atoms with Gasteiger partial charge in [0.2, 0.25) is 5.91 Å². The third kappa shape index (κ3) is 1.65. The van der Waals surface area contributed by atoms with Gasteiger partial charge in [-0.1, -0.05) is 0 Å². The van der Waals surface area contributed by atoms with Gasteiger partial charge in [0.1, 0.15) is 17.3 Å². The summed E-state index contributed by atoms with van der Waals surface area (Å²) in [6.07, 6.45) is 0.159. The molecule has 0 saturated carbocycles. The van der Waals surface area contributed by atoms with Crippen LogP contribution in [-0.2, 0) is 4.79 Å². The molecule has 1 aromatic carbocycles. The Morgan fingerprint density at radius 2 is 2.13 bits per heavy atom. The number of carbonyl (C=O) groups is 1. The minimum absolute atomic E-state index is 0.00102. The third-order valence-electron chi connectivity index (χ3n) is 2.28. The molecule has 1 aliphatic heterocycles. The van der Waals surface area contributed by atoms with Crippen molar-refractivity contribution in [3.63, 3.8) is 0 Å². The lowest BCUT2D eigenvalue weighted by Crippen LogP contribution is -2.26. The number of anilines is 1. The second kappa shape index (κ2) is 3.49. The highest BCUT2D eigenvalue weighted by molar-refractivity contribution is 5.95. The monoisotopic (exact) mass is 213 g/mol. The molecule has 3 nitrogen and oxygen atoms in total. The van der Waals surface area contributed by atoms with Crippen molar-refractivity contribution >= 4 is 11.6 Å². The van der Waals surface area contributed by atoms with Crippen LogP contribution in [0.1, 0.15) is 6.42 Å². The Morgan fingerprint density at radius 3 is 2.87 bits per heavy atom. The van der Waals surface area contributed by atoms with E-state index in [1.54, 1.807) is 0 Å². The molecule has 0 aliphatic carbocycles. The van der Waals surface area contributed by atoms with Crippen LogP contribution >= 0.6 is 0 Å². The number of nitrogens with zero attached hydrogens (tertiary/aromatic N) is 1. The standard InChI is InChI=1S/C10H9F2NO2/c1-13-9(14)2-3-15-8-5-6(11)4-7(12)10(8)13/h4-5H,2-3H2,1H3. The molecule has 0 radical (unpaired) electrons. The lowest BCUT2D eigenvalue weighted by Gasteiger charge is -2.16. The number of halogens is 2. The van der Waals surface area contributed by atoms with Crippen LogP contribution in [0.25, 0.3) is 0 Å². The fourth-order valence-electron chi connectivity index (χ4n) is 1.52. The van der Waals surface area contributed by atoms with Gasteiger partial charge in [-0.05, 0) is 0 Å². The van der Waals surface area contributed by atoms with Crippen molar-refractivity contribution in [1.29, 1.82) is 0 Å². The average Bonchev–Trinajstić information content (AvgIpc) is 2.27. The minimum Gasteiger partial charge on any atom is -0.491 e.